The number of rotatable bonds is 10. The summed E-state index contributed by atoms with van der Waals surface area (Å²) in [6, 6.07) is 8.19. The van der Waals surface area contributed by atoms with Gasteiger partial charge in [-0.15, -0.1) is 11.3 Å². The quantitative estimate of drug-likeness (QED) is 0.462. The Kier molecular flexibility index (Phi) is 9.38. The Morgan fingerprint density at radius 3 is 2.45 bits per heavy atom. The van der Waals surface area contributed by atoms with Crippen molar-refractivity contribution < 1.29 is 14.4 Å². The zero-order valence-electron chi connectivity index (χ0n) is 19.3. The molecular weight excluding hydrogens is 438 g/mol. The van der Waals surface area contributed by atoms with Crippen LogP contribution in [0.3, 0.4) is 0 Å². The summed E-state index contributed by atoms with van der Waals surface area (Å²) in [5.74, 6) is -0.345. The summed E-state index contributed by atoms with van der Waals surface area (Å²) in [6.07, 6.45) is 3.17. The first-order valence-electron chi connectivity index (χ1n) is 11.5. The molecule has 33 heavy (non-hydrogen) atoms. The molecule has 1 aromatic carbocycles. The molecule has 1 fully saturated rings. The standard InChI is InChI=1S/C24H33N5O3S/c1-17(2)16-20(28-24(32)29-13-10-25-11-14-29)22(31)27-19(21(30)23-26-12-15-33-23)9-8-18-6-4-3-5-7-18/h3-7,12,15,17,19-20,25H,8-11,13-14,16H2,1-2H3,(H,27,31)(H,28,32)/t19-,20-/m0/s1. The Labute approximate surface area is 199 Å². The van der Waals surface area contributed by atoms with E-state index in [-0.39, 0.29) is 23.6 Å². The van der Waals surface area contributed by atoms with Crippen LogP contribution >= 0.6 is 11.3 Å². The molecule has 2 aromatic rings. The van der Waals surface area contributed by atoms with E-state index >= 15 is 0 Å². The van der Waals surface area contributed by atoms with E-state index < -0.39 is 12.1 Å². The number of urea groups is 1. The summed E-state index contributed by atoms with van der Waals surface area (Å²) >= 11 is 1.26. The normalized spacial score (nSPS) is 15.7. The van der Waals surface area contributed by atoms with E-state index in [0.29, 0.717) is 37.4 Å². The van der Waals surface area contributed by atoms with E-state index in [4.69, 9.17) is 0 Å². The fourth-order valence-electron chi connectivity index (χ4n) is 3.80. The first-order chi connectivity index (χ1) is 15.9. The van der Waals surface area contributed by atoms with E-state index in [1.807, 2.05) is 44.2 Å². The van der Waals surface area contributed by atoms with Crippen molar-refractivity contribution in [1.29, 1.82) is 0 Å². The average molecular weight is 472 g/mol. The first-order valence-corrected chi connectivity index (χ1v) is 12.4. The van der Waals surface area contributed by atoms with Gasteiger partial charge in [-0.1, -0.05) is 44.2 Å². The molecule has 178 valence electrons. The largest absolute Gasteiger partial charge is 0.344 e. The van der Waals surface area contributed by atoms with Crippen LogP contribution in [0.1, 0.15) is 42.1 Å². The number of hydrogen-bond acceptors (Lipinski definition) is 6. The lowest BCUT2D eigenvalue weighted by Crippen LogP contribution is -2.57. The molecule has 1 saturated heterocycles. The molecule has 0 radical (unpaired) electrons. The number of piperazine rings is 1. The summed E-state index contributed by atoms with van der Waals surface area (Å²) in [7, 11) is 0. The maximum Gasteiger partial charge on any atom is 0.318 e. The Morgan fingerprint density at radius 2 is 1.82 bits per heavy atom. The molecule has 9 heteroatoms. The van der Waals surface area contributed by atoms with E-state index in [2.05, 4.69) is 20.9 Å². The van der Waals surface area contributed by atoms with Gasteiger partial charge in [-0.25, -0.2) is 9.78 Å². The van der Waals surface area contributed by atoms with Gasteiger partial charge in [-0.3, -0.25) is 9.59 Å². The van der Waals surface area contributed by atoms with Gasteiger partial charge in [0.25, 0.3) is 0 Å². The Morgan fingerprint density at radius 1 is 1.09 bits per heavy atom. The van der Waals surface area contributed by atoms with Crippen LogP contribution in [-0.2, 0) is 11.2 Å². The number of amides is 3. The van der Waals surface area contributed by atoms with Crippen molar-refractivity contribution in [1.82, 2.24) is 25.8 Å². The van der Waals surface area contributed by atoms with Crippen LogP contribution in [0.2, 0.25) is 0 Å². The van der Waals surface area contributed by atoms with Gasteiger partial charge >= 0.3 is 6.03 Å². The van der Waals surface area contributed by atoms with Crippen molar-refractivity contribution in [3.8, 4) is 0 Å². The maximum atomic E-state index is 13.3. The zero-order chi connectivity index (χ0) is 23.6. The van der Waals surface area contributed by atoms with Crippen molar-refractivity contribution in [2.45, 2.75) is 45.2 Å². The number of carbonyl (C=O) groups is 3. The number of Topliss-reactive ketones (excluding diaryl/α,β-unsaturated/α-hetero) is 1. The molecule has 1 aliphatic heterocycles. The third-order valence-electron chi connectivity index (χ3n) is 5.57. The number of nitrogens with zero attached hydrogens (tertiary/aromatic N) is 2. The van der Waals surface area contributed by atoms with Crippen LogP contribution in [-0.4, -0.2) is 65.9 Å². The SMILES string of the molecule is CC(C)C[C@H](NC(=O)N1CCNCC1)C(=O)N[C@@H](CCc1ccccc1)C(=O)c1nccs1. The highest BCUT2D eigenvalue weighted by atomic mass is 32.1. The van der Waals surface area contributed by atoms with E-state index in [1.165, 1.54) is 11.3 Å². The van der Waals surface area contributed by atoms with Gasteiger partial charge in [0.2, 0.25) is 11.7 Å². The van der Waals surface area contributed by atoms with Crippen LogP contribution in [0, 0.1) is 5.92 Å². The molecule has 0 unspecified atom stereocenters. The van der Waals surface area contributed by atoms with Crippen molar-refractivity contribution >= 4 is 29.1 Å². The fourth-order valence-corrected chi connectivity index (χ4v) is 4.43. The minimum absolute atomic E-state index is 0.196. The van der Waals surface area contributed by atoms with Gasteiger partial charge in [0, 0.05) is 37.8 Å². The highest BCUT2D eigenvalue weighted by molar-refractivity contribution is 7.11. The number of benzene rings is 1. The number of aromatic nitrogens is 1. The Balaban J connectivity index is 1.70. The molecule has 3 rings (SSSR count). The summed E-state index contributed by atoms with van der Waals surface area (Å²) < 4.78 is 0. The second kappa shape index (κ2) is 12.5. The van der Waals surface area contributed by atoms with E-state index in [9.17, 15) is 14.4 Å². The summed E-state index contributed by atoms with van der Waals surface area (Å²) in [4.78, 5) is 45.0. The number of thiazole rings is 1. The van der Waals surface area contributed by atoms with Crippen LogP contribution < -0.4 is 16.0 Å². The fraction of sp³-hybridized carbons (Fsp3) is 0.500. The minimum atomic E-state index is -0.713. The van der Waals surface area contributed by atoms with Gasteiger partial charge in [-0.2, -0.15) is 0 Å². The molecule has 0 aliphatic carbocycles. The van der Waals surface area contributed by atoms with E-state index in [1.54, 1.807) is 16.5 Å². The minimum Gasteiger partial charge on any atom is -0.344 e. The lowest BCUT2D eigenvalue weighted by Gasteiger charge is -2.30. The number of ketones is 1. The molecule has 0 saturated carbocycles. The topological polar surface area (TPSA) is 103 Å². The van der Waals surface area contributed by atoms with Gasteiger partial charge in [-0.05, 0) is 30.7 Å². The molecule has 2 atom stereocenters. The second-order valence-corrected chi connectivity index (χ2v) is 9.55. The smallest absolute Gasteiger partial charge is 0.318 e. The molecule has 2 heterocycles. The molecule has 1 aromatic heterocycles. The van der Waals surface area contributed by atoms with Crippen LogP contribution in [0.5, 0.6) is 0 Å². The zero-order valence-corrected chi connectivity index (χ0v) is 20.1. The maximum absolute atomic E-state index is 13.3. The monoisotopic (exact) mass is 471 g/mol. The Hall–Kier alpha value is -2.78. The lowest BCUT2D eigenvalue weighted by molar-refractivity contribution is -0.123. The third-order valence-corrected chi connectivity index (χ3v) is 6.35. The highest BCUT2D eigenvalue weighted by Crippen LogP contribution is 2.14. The second-order valence-electron chi connectivity index (χ2n) is 8.66. The summed E-state index contributed by atoms with van der Waals surface area (Å²) in [6.45, 7) is 6.68. The lowest BCUT2D eigenvalue weighted by atomic mass is 9.99. The van der Waals surface area contributed by atoms with Gasteiger partial charge < -0.3 is 20.9 Å². The van der Waals surface area contributed by atoms with Crippen LogP contribution in [0.4, 0.5) is 4.79 Å². The van der Waals surface area contributed by atoms with Crippen molar-refractivity contribution in [2.75, 3.05) is 26.2 Å². The van der Waals surface area contributed by atoms with Crippen LogP contribution in [0.25, 0.3) is 0 Å². The van der Waals surface area contributed by atoms with Gasteiger partial charge in [0.05, 0.1) is 6.04 Å². The Bertz CT molecular complexity index is 898. The first kappa shape index (κ1) is 24.9. The number of carbonyl (C=O) groups excluding carboxylic acids is 3. The summed E-state index contributed by atoms with van der Waals surface area (Å²) in [5.41, 5.74) is 1.09. The van der Waals surface area contributed by atoms with Gasteiger partial charge in [0.15, 0.2) is 5.01 Å². The molecule has 1 aliphatic rings. The van der Waals surface area contributed by atoms with Crippen molar-refractivity contribution in [2.24, 2.45) is 5.92 Å². The molecular formula is C24H33N5O3S. The van der Waals surface area contributed by atoms with Gasteiger partial charge in [0.1, 0.15) is 6.04 Å². The van der Waals surface area contributed by atoms with Crippen molar-refractivity contribution in [3.05, 3.63) is 52.5 Å². The summed E-state index contributed by atoms with van der Waals surface area (Å²) in [5, 5.41) is 11.2. The predicted molar refractivity (Wildman–Crippen MR) is 129 cm³/mol. The van der Waals surface area contributed by atoms with Crippen molar-refractivity contribution in [3.63, 3.8) is 0 Å². The van der Waals surface area contributed by atoms with Crippen LogP contribution in [0.15, 0.2) is 41.9 Å². The highest BCUT2D eigenvalue weighted by Gasteiger charge is 2.30. The number of hydrogen-bond donors (Lipinski definition) is 3. The predicted octanol–water partition coefficient (Wildman–Crippen LogP) is 2.47. The molecule has 0 bridgehead atoms. The molecule has 3 N–H and O–H groups in total. The van der Waals surface area contributed by atoms with E-state index in [0.717, 1.165) is 18.7 Å². The number of aryl methyl sites for hydroxylation is 1. The third kappa shape index (κ3) is 7.64. The molecule has 3 amide bonds. The number of nitrogens with one attached hydrogen (secondary N) is 3. The molecule has 0 spiro atoms. The molecule has 8 nitrogen and oxygen atoms in total. The average Bonchev–Trinajstić information content (AvgIpc) is 3.36.